The first-order valence-electron chi connectivity index (χ1n) is 6.21. The summed E-state index contributed by atoms with van der Waals surface area (Å²) in [5.41, 5.74) is 3.44. The monoisotopic (exact) mass is 235 g/mol. The van der Waals surface area contributed by atoms with Crippen molar-refractivity contribution in [3.05, 3.63) is 77.9 Å². The predicted molar refractivity (Wildman–Crippen MR) is 78.8 cm³/mol. The third kappa shape index (κ3) is 3.42. The topological polar surface area (TPSA) is 23.9 Å². The maximum atomic E-state index is 7.24. The molecule has 0 atom stereocenters. The summed E-state index contributed by atoms with van der Waals surface area (Å²) >= 11 is 0. The van der Waals surface area contributed by atoms with Gasteiger partial charge in [-0.25, -0.2) is 0 Å². The Kier molecular flexibility index (Phi) is 4.48. The van der Waals surface area contributed by atoms with Gasteiger partial charge in [-0.2, -0.15) is 0 Å². The maximum absolute atomic E-state index is 7.24. The van der Waals surface area contributed by atoms with Crippen molar-refractivity contribution in [2.24, 2.45) is 0 Å². The fraction of sp³-hybridized carbons (Fsp3) is 0.118. The molecule has 0 saturated heterocycles. The van der Waals surface area contributed by atoms with Crippen molar-refractivity contribution >= 4 is 11.8 Å². The van der Waals surface area contributed by atoms with Gasteiger partial charge in [-0.05, 0) is 35.6 Å². The lowest BCUT2D eigenvalue weighted by atomic mass is 10.0. The second-order valence-electron chi connectivity index (χ2n) is 4.17. The Labute approximate surface area is 108 Å². The first kappa shape index (κ1) is 12.3. The van der Waals surface area contributed by atoms with E-state index < -0.39 is 0 Å². The van der Waals surface area contributed by atoms with Crippen molar-refractivity contribution in [1.82, 2.24) is 0 Å². The van der Waals surface area contributed by atoms with E-state index in [4.69, 9.17) is 5.41 Å². The third-order valence-electron chi connectivity index (χ3n) is 2.85. The highest BCUT2D eigenvalue weighted by molar-refractivity contribution is 5.87. The second-order valence-corrected chi connectivity index (χ2v) is 4.17. The zero-order valence-corrected chi connectivity index (χ0v) is 10.3. The molecule has 1 aliphatic carbocycles. The van der Waals surface area contributed by atoms with Gasteiger partial charge in [0.05, 0.1) is 0 Å². The quantitative estimate of drug-likeness (QED) is 0.584. The van der Waals surface area contributed by atoms with Gasteiger partial charge in [0.15, 0.2) is 0 Å². The smallest absolute Gasteiger partial charge is 0.0183 e. The van der Waals surface area contributed by atoms with Crippen LogP contribution in [-0.4, -0.2) is 6.21 Å². The Balaban J connectivity index is 2.20. The van der Waals surface area contributed by atoms with Crippen molar-refractivity contribution in [3.8, 4) is 0 Å². The van der Waals surface area contributed by atoms with Crippen molar-refractivity contribution in [1.29, 1.82) is 5.41 Å². The van der Waals surface area contributed by atoms with Crippen LogP contribution < -0.4 is 0 Å². The molecule has 1 aliphatic rings. The maximum Gasteiger partial charge on any atom is 0.0183 e. The van der Waals surface area contributed by atoms with E-state index in [1.807, 2.05) is 24.3 Å². The molecule has 18 heavy (non-hydrogen) atoms. The molecular formula is C17H17N. The van der Waals surface area contributed by atoms with Gasteiger partial charge in [0.25, 0.3) is 0 Å². The van der Waals surface area contributed by atoms with Crippen LogP contribution in [0.1, 0.15) is 18.4 Å². The average molecular weight is 235 g/mol. The lowest BCUT2D eigenvalue weighted by Gasteiger charge is -2.03. The Morgan fingerprint density at radius 3 is 2.61 bits per heavy atom. The van der Waals surface area contributed by atoms with Gasteiger partial charge in [-0.3, -0.25) is 0 Å². The highest BCUT2D eigenvalue weighted by atomic mass is 14.3. The molecule has 0 aromatic heterocycles. The molecule has 1 aromatic carbocycles. The predicted octanol–water partition coefficient (Wildman–Crippen LogP) is 4.55. The first-order chi connectivity index (χ1) is 8.90. The number of hydrogen-bond donors (Lipinski definition) is 1. The van der Waals surface area contributed by atoms with E-state index in [2.05, 4.69) is 42.5 Å². The van der Waals surface area contributed by atoms with E-state index in [9.17, 15) is 0 Å². The zero-order valence-electron chi connectivity index (χ0n) is 10.3. The Morgan fingerprint density at radius 1 is 1.11 bits per heavy atom. The molecule has 1 nitrogen and oxygen atoms in total. The van der Waals surface area contributed by atoms with Crippen LogP contribution in [0.25, 0.3) is 5.57 Å². The van der Waals surface area contributed by atoms with E-state index >= 15 is 0 Å². The third-order valence-corrected chi connectivity index (χ3v) is 2.85. The van der Waals surface area contributed by atoms with Gasteiger partial charge in [0.1, 0.15) is 0 Å². The molecule has 0 fully saturated rings. The lowest BCUT2D eigenvalue weighted by molar-refractivity contribution is 1.03. The van der Waals surface area contributed by atoms with Gasteiger partial charge in [-0.15, -0.1) is 0 Å². The highest BCUT2D eigenvalue weighted by Gasteiger charge is 1.97. The molecule has 1 aromatic rings. The molecule has 0 aliphatic heterocycles. The molecule has 0 unspecified atom stereocenters. The van der Waals surface area contributed by atoms with Crippen molar-refractivity contribution in [3.63, 3.8) is 0 Å². The molecule has 0 bridgehead atoms. The fourth-order valence-corrected chi connectivity index (χ4v) is 1.91. The second kappa shape index (κ2) is 6.55. The Bertz CT molecular complexity index is 516. The molecule has 0 radical (unpaired) electrons. The van der Waals surface area contributed by atoms with Gasteiger partial charge in [0.2, 0.25) is 0 Å². The van der Waals surface area contributed by atoms with Gasteiger partial charge in [-0.1, -0.05) is 60.7 Å². The van der Waals surface area contributed by atoms with Crippen LogP contribution in [0, 0.1) is 5.41 Å². The summed E-state index contributed by atoms with van der Waals surface area (Å²) in [6, 6.07) is 10.2. The summed E-state index contributed by atoms with van der Waals surface area (Å²) in [6.45, 7) is 0. The Morgan fingerprint density at radius 2 is 1.94 bits per heavy atom. The van der Waals surface area contributed by atoms with Crippen molar-refractivity contribution in [2.75, 3.05) is 0 Å². The molecule has 0 heterocycles. The van der Waals surface area contributed by atoms with E-state index in [0.29, 0.717) is 0 Å². The van der Waals surface area contributed by atoms with Crippen LogP contribution in [0.15, 0.2) is 72.4 Å². The van der Waals surface area contributed by atoms with Crippen LogP contribution in [-0.2, 0) is 0 Å². The first-order valence-corrected chi connectivity index (χ1v) is 6.21. The molecule has 0 amide bonds. The number of nitrogens with one attached hydrogen (secondary N) is 1. The van der Waals surface area contributed by atoms with E-state index in [1.54, 1.807) is 0 Å². The summed E-state index contributed by atoms with van der Waals surface area (Å²) < 4.78 is 0. The minimum atomic E-state index is 1.06. The molecule has 90 valence electrons. The van der Waals surface area contributed by atoms with Gasteiger partial charge < -0.3 is 5.41 Å². The summed E-state index contributed by atoms with van der Waals surface area (Å²) in [6.07, 6.45) is 16.2. The summed E-state index contributed by atoms with van der Waals surface area (Å²) in [4.78, 5) is 0. The average Bonchev–Trinajstić information content (AvgIpc) is 2.45. The fourth-order valence-electron chi connectivity index (χ4n) is 1.91. The Hall–Kier alpha value is -2.15. The van der Waals surface area contributed by atoms with Gasteiger partial charge >= 0.3 is 0 Å². The largest absolute Gasteiger partial charge is 0.309 e. The molecule has 2 rings (SSSR count). The standard InChI is InChI=1S/C17H17N/c18-14-13-17(16-9-5-2-6-10-16)12-11-15-7-3-1-4-8-15/h2-3,5-14,18H,1,4H2/b12-11+,17-13+,18-14?. The number of allylic oxidation sites excluding steroid dienone is 8. The number of benzene rings is 1. The highest BCUT2D eigenvalue weighted by Crippen LogP contribution is 2.17. The SMILES string of the molecule is N=C/C=C(\C=C\C1=CCCC=C1)c1ccccc1. The summed E-state index contributed by atoms with van der Waals surface area (Å²) in [7, 11) is 0. The van der Waals surface area contributed by atoms with E-state index in [0.717, 1.165) is 24.0 Å². The van der Waals surface area contributed by atoms with Crippen LogP contribution in [0.4, 0.5) is 0 Å². The normalized spacial score (nSPS) is 15.8. The molecular weight excluding hydrogens is 218 g/mol. The van der Waals surface area contributed by atoms with Crippen LogP contribution in [0.5, 0.6) is 0 Å². The van der Waals surface area contributed by atoms with Crippen LogP contribution in [0.3, 0.4) is 0 Å². The van der Waals surface area contributed by atoms with Crippen molar-refractivity contribution < 1.29 is 0 Å². The summed E-state index contributed by atoms with van der Waals surface area (Å²) in [5, 5.41) is 7.24. The van der Waals surface area contributed by atoms with E-state index in [-0.39, 0.29) is 0 Å². The van der Waals surface area contributed by atoms with E-state index in [1.165, 1.54) is 11.8 Å². The summed E-state index contributed by atoms with van der Waals surface area (Å²) in [5.74, 6) is 0. The van der Waals surface area contributed by atoms with Gasteiger partial charge in [0, 0.05) is 6.21 Å². The molecule has 1 heteroatoms. The van der Waals surface area contributed by atoms with Crippen LogP contribution in [0.2, 0.25) is 0 Å². The van der Waals surface area contributed by atoms with Crippen LogP contribution >= 0.6 is 0 Å². The molecule has 0 spiro atoms. The zero-order chi connectivity index (χ0) is 12.6. The minimum absolute atomic E-state index is 1.06. The molecule has 1 N–H and O–H groups in total. The number of rotatable bonds is 4. The number of hydrogen-bond acceptors (Lipinski definition) is 1. The lowest BCUT2D eigenvalue weighted by Crippen LogP contribution is -1.83. The van der Waals surface area contributed by atoms with Crippen molar-refractivity contribution in [2.45, 2.75) is 12.8 Å². The minimum Gasteiger partial charge on any atom is -0.309 e. The molecule has 0 saturated carbocycles.